The Morgan fingerprint density at radius 1 is 0.933 bits per heavy atom. The smallest absolute Gasteiger partial charge is 0.352 e. The fourth-order valence-corrected chi connectivity index (χ4v) is 6.61. The predicted molar refractivity (Wildman–Crippen MR) is 169 cm³/mol. The highest BCUT2D eigenvalue weighted by Gasteiger charge is 2.33. The molecule has 1 fully saturated rings. The number of sulfonamides is 1. The van der Waals surface area contributed by atoms with Crippen LogP contribution in [0.5, 0.6) is 0 Å². The molecule has 1 N–H and O–H groups in total. The molecular formula is C34H40F3N3O4S. The van der Waals surface area contributed by atoms with E-state index in [1.165, 1.54) is 6.07 Å². The average molecular weight is 644 g/mol. The fourth-order valence-electron chi connectivity index (χ4n) is 5.65. The molecule has 1 unspecified atom stereocenters. The number of alkyl halides is 3. The van der Waals surface area contributed by atoms with E-state index in [0.29, 0.717) is 0 Å². The van der Waals surface area contributed by atoms with Gasteiger partial charge in [0, 0.05) is 32.0 Å². The molecule has 242 valence electrons. The summed E-state index contributed by atoms with van der Waals surface area (Å²) >= 11 is 0. The van der Waals surface area contributed by atoms with E-state index in [1.54, 1.807) is 4.90 Å². The number of benzene rings is 3. The highest BCUT2D eigenvalue weighted by molar-refractivity contribution is 7.92. The molecule has 0 aliphatic heterocycles. The van der Waals surface area contributed by atoms with Gasteiger partial charge >= 0.3 is 6.18 Å². The number of carbonyl (C=O) groups excluding carboxylic acids is 2. The molecule has 45 heavy (non-hydrogen) atoms. The van der Waals surface area contributed by atoms with Crippen molar-refractivity contribution >= 4 is 27.5 Å². The average Bonchev–Trinajstić information content (AvgIpc) is 3.50. The molecule has 0 aromatic heterocycles. The summed E-state index contributed by atoms with van der Waals surface area (Å²) in [6.07, 6.45) is 0.316. The van der Waals surface area contributed by atoms with Crippen LogP contribution in [-0.2, 0) is 38.8 Å². The Bertz CT molecular complexity index is 1540. The van der Waals surface area contributed by atoms with Crippen molar-refractivity contribution in [2.24, 2.45) is 0 Å². The summed E-state index contributed by atoms with van der Waals surface area (Å²) in [5.74, 6) is -0.594. The third-order valence-corrected chi connectivity index (χ3v) is 9.25. The lowest BCUT2D eigenvalue weighted by Crippen LogP contribution is -2.52. The molecule has 7 nitrogen and oxygen atoms in total. The number of aryl methyl sites for hydroxylation is 1. The van der Waals surface area contributed by atoms with Crippen LogP contribution in [0.2, 0.25) is 0 Å². The highest BCUT2D eigenvalue weighted by Crippen LogP contribution is 2.32. The zero-order valence-electron chi connectivity index (χ0n) is 25.6. The molecule has 2 amide bonds. The first-order chi connectivity index (χ1) is 21.3. The van der Waals surface area contributed by atoms with Gasteiger partial charge < -0.3 is 10.2 Å². The van der Waals surface area contributed by atoms with Crippen molar-refractivity contribution < 1.29 is 31.2 Å². The van der Waals surface area contributed by atoms with Gasteiger partial charge in [-0.25, -0.2) is 8.42 Å². The maximum Gasteiger partial charge on any atom is 0.416 e. The Kier molecular flexibility index (Phi) is 11.3. The van der Waals surface area contributed by atoms with Crippen molar-refractivity contribution in [2.75, 3.05) is 17.1 Å². The van der Waals surface area contributed by atoms with Crippen molar-refractivity contribution in [2.45, 2.75) is 76.7 Å². The van der Waals surface area contributed by atoms with E-state index in [1.807, 2.05) is 61.5 Å². The van der Waals surface area contributed by atoms with Gasteiger partial charge in [0.25, 0.3) is 0 Å². The van der Waals surface area contributed by atoms with Crippen LogP contribution in [0.4, 0.5) is 18.9 Å². The first-order valence-electron chi connectivity index (χ1n) is 15.2. The van der Waals surface area contributed by atoms with Crippen LogP contribution in [0.3, 0.4) is 0 Å². The van der Waals surface area contributed by atoms with Crippen LogP contribution in [0.25, 0.3) is 0 Å². The fraction of sp³-hybridized carbons (Fsp3) is 0.412. The Morgan fingerprint density at radius 3 is 2.22 bits per heavy atom. The number of rotatable bonds is 13. The van der Waals surface area contributed by atoms with Gasteiger partial charge in [-0.1, -0.05) is 79.1 Å². The molecule has 1 atom stereocenters. The second kappa shape index (κ2) is 14.9. The number of nitrogens with zero attached hydrogens (tertiary/aromatic N) is 2. The zero-order valence-corrected chi connectivity index (χ0v) is 26.4. The van der Waals surface area contributed by atoms with E-state index in [9.17, 15) is 31.2 Å². The van der Waals surface area contributed by atoms with Gasteiger partial charge in [0.1, 0.15) is 6.04 Å². The molecule has 0 spiro atoms. The minimum atomic E-state index is -4.64. The first-order valence-corrected chi connectivity index (χ1v) is 17.0. The predicted octanol–water partition coefficient (Wildman–Crippen LogP) is 6.26. The Morgan fingerprint density at radius 2 is 1.60 bits per heavy atom. The molecule has 4 rings (SSSR count). The van der Waals surface area contributed by atoms with Crippen molar-refractivity contribution in [3.8, 4) is 0 Å². The van der Waals surface area contributed by atoms with Gasteiger partial charge in [0.2, 0.25) is 21.8 Å². The Balaban J connectivity index is 1.59. The second-order valence-corrected chi connectivity index (χ2v) is 13.6. The lowest BCUT2D eigenvalue weighted by atomic mass is 10.0. The summed E-state index contributed by atoms with van der Waals surface area (Å²) in [6.45, 7) is 1.91. The lowest BCUT2D eigenvalue weighted by Gasteiger charge is -2.33. The van der Waals surface area contributed by atoms with Gasteiger partial charge in [-0.2, -0.15) is 13.2 Å². The Labute approximate surface area is 263 Å². The van der Waals surface area contributed by atoms with E-state index in [0.717, 1.165) is 71.1 Å². The largest absolute Gasteiger partial charge is 0.416 e. The number of anilines is 1. The molecule has 0 bridgehead atoms. The summed E-state index contributed by atoms with van der Waals surface area (Å²) in [5, 5.41) is 3.15. The number of hydrogen-bond acceptors (Lipinski definition) is 4. The molecule has 1 aliphatic carbocycles. The zero-order chi connectivity index (χ0) is 32.6. The van der Waals surface area contributed by atoms with E-state index in [2.05, 4.69) is 5.32 Å². The van der Waals surface area contributed by atoms with Gasteiger partial charge in [-0.3, -0.25) is 13.9 Å². The van der Waals surface area contributed by atoms with Crippen molar-refractivity contribution in [1.82, 2.24) is 10.2 Å². The van der Waals surface area contributed by atoms with Crippen molar-refractivity contribution in [1.29, 1.82) is 0 Å². The quantitative estimate of drug-likeness (QED) is 0.238. The molecule has 0 saturated heterocycles. The molecular weight excluding hydrogens is 603 g/mol. The number of halogens is 3. The van der Waals surface area contributed by atoms with Crippen LogP contribution >= 0.6 is 0 Å². The third-order valence-electron chi connectivity index (χ3n) is 8.06. The SMILES string of the molecule is Cc1ccc(CN(C(=O)CCCN(c2cccc(C(F)(F)F)c2)S(C)(=O)=O)C(Cc2ccccc2)C(=O)NC2CCCC2)cc1. The summed E-state index contributed by atoms with van der Waals surface area (Å²) < 4.78 is 66.2. The Hall–Kier alpha value is -3.86. The number of hydrogen-bond donors (Lipinski definition) is 1. The minimum absolute atomic E-state index is 0.0366. The molecule has 0 radical (unpaired) electrons. The van der Waals surface area contributed by atoms with E-state index in [-0.39, 0.29) is 55.9 Å². The molecule has 3 aromatic rings. The maximum atomic E-state index is 14.0. The third kappa shape index (κ3) is 9.81. The van der Waals surface area contributed by atoms with Crippen LogP contribution in [0.15, 0.2) is 78.9 Å². The monoisotopic (exact) mass is 643 g/mol. The van der Waals surface area contributed by atoms with E-state index >= 15 is 0 Å². The number of nitrogens with one attached hydrogen (secondary N) is 1. The molecule has 3 aromatic carbocycles. The topological polar surface area (TPSA) is 86.8 Å². The summed E-state index contributed by atoms with van der Waals surface area (Å²) in [5.41, 5.74) is 1.67. The molecule has 0 heterocycles. The van der Waals surface area contributed by atoms with Crippen LogP contribution in [0.1, 0.15) is 60.8 Å². The normalized spacial score (nSPS) is 14.6. The minimum Gasteiger partial charge on any atom is -0.352 e. The maximum absolute atomic E-state index is 14.0. The van der Waals surface area contributed by atoms with E-state index in [4.69, 9.17) is 0 Å². The summed E-state index contributed by atoms with van der Waals surface area (Å²) in [7, 11) is -3.96. The second-order valence-electron chi connectivity index (χ2n) is 11.7. The summed E-state index contributed by atoms with van der Waals surface area (Å²) in [4.78, 5) is 29.3. The van der Waals surface area contributed by atoms with Crippen molar-refractivity contribution in [3.05, 3.63) is 101 Å². The molecule has 1 saturated carbocycles. The van der Waals surface area contributed by atoms with E-state index < -0.39 is 27.8 Å². The molecule has 1 aliphatic rings. The lowest BCUT2D eigenvalue weighted by molar-refractivity contribution is -0.141. The molecule has 11 heteroatoms. The number of carbonyl (C=O) groups is 2. The van der Waals surface area contributed by atoms with Crippen LogP contribution < -0.4 is 9.62 Å². The standard InChI is InChI=1S/C34H40F3N3O4S/c1-25-17-19-27(20-18-25)24-39(31(22-26-10-4-3-5-11-26)33(42)38-29-13-6-7-14-29)32(41)16-9-21-40(45(2,43)44)30-15-8-12-28(23-30)34(35,36)37/h3-5,8,10-12,15,17-20,23,29,31H,6-7,9,13-14,16,21-22,24H2,1-2H3,(H,38,42). The van der Waals surface area contributed by atoms with Gasteiger partial charge in [-0.15, -0.1) is 0 Å². The van der Waals surface area contributed by atoms with Crippen molar-refractivity contribution in [3.63, 3.8) is 0 Å². The first kappa shape index (κ1) is 34.0. The highest BCUT2D eigenvalue weighted by atomic mass is 32.2. The summed E-state index contributed by atoms with van der Waals surface area (Å²) in [6, 6.07) is 20.5. The van der Waals surface area contributed by atoms with Gasteiger partial charge in [-0.05, 0) is 55.5 Å². The number of amides is 2. The van der Waals surface area contributed by atoms with Crippen LogP contribution in [-0.4, -0.2) is 50.0 Å². The van der Waals surface area contributed by atoms with Crippen LogP contribution in [0, 0.1) is 6.92 Å². The van der Waals surface area contributed by atoms with Gasteiger partial charge in [0.05, 0.1) is 17.5 Å². The van der Waals surface area contributed by atoms with Gasteiger partial charge in [0.15, 0.2) is 0 Å².